The first-order valence-electron chi connectivity index (χ1n) is 4.88. The van der Waals surface area contributed by atoms with Crippen LogP contribution in [0.3, 0.4) is 0 Å². The minimum atomic E-state index is 0.436. The molecule has 1 heterocycles. The zero-order chi connectivity index (χ0) is 13.1. The van der Waals surface area contributed by atoms with E-state index in [1.807, 2.05) is 6.07 Å². The Hall–Kier alpha value is -1.41. The Balaban J connectivity index is 2.34. The summed E-state index contributed by atoms with van der Waals surface area (Å²) in [5, 5.41) is 10.6. The summed E-state index contributed by atoms with van der Waals surface area (Å²) in [6.07, 6.45) is 1.51. The molecule has 3 nitrogen and oxygen atoms in total. The summed E-state index contributed by atoms with van der Waals surface area (Å²) in [4.78, 5) is 5.00. The lowest BCUT2D eigenvalue weighted by atomic mass is 10.3. The number of nitrogens with two attached hydrogens (primary N) is 1. The Labute approximate surface area is 119 Å². The van der Waals surface area contributed by atoms with Gasteiger partial charge in [0.2, 0.25) is 0 Å². The van der Waals surface area contributed by atoms with Crippen molar-refractivity contribution in [3.8, 4) is 6.07 Å². The Morgan fingerprint density at radius 1 is 1.22 bits per heavy atom. The minimum Gasteiger partial charge on any atom is -0.397 e. The van der Waals surface area contributed by atoms with Crippen LogP contribution in [0.4, 0.5) is 5.69 Å². The molecule has 0 aliphatic heterocycles. The van der Waals surface area contributed by atoms with E-state index < -0.39 is 0 Å². The van der Waals surface area contributed by atoms with Crippen molar-refractivity contribution in [2.45, 2.75) is 9.92 Å². The van der Waals surface area contributed by atoms with Gasteiger partial charge in [-0.15, -0.1) is 0 Å². The van der Waals surface area contributed by atoms with E-state index in [4.69, 9.17) is 34.2 Å². The summed E-state index contributed by atoms with van der Waals surface area (Å²) in [5.74, 6) is 0. The van der Waals surface area contributed by atoms with Crippen LogP contribution in [0.25, 0.3) is 0 Å². The average molecular weight is 296 g/mol. The fourth-order valence-electron chi connectivity index (χ4n) is 1.28. The van der Waals surface area contributed by atoms with Crippen molar-refractivity contribution in [3.05, 3.63) is 46.1 Å². The topological polar surface area (TPSA) is 62.7 Å². The van der Waals surface area contributed by atoms with Gasteiger partial charge in [-0.3, -0.25) is 0 Å². The number of hydrogen-bond acceptors (Lipinski definition) is 4. The van der Waals surface area contributed by atoms with E-state index in [1.165, 1.54) is 18.0 Å². The number of nitriles is 1. The smallest absolute Gasteiger partial charge is 0.119 e. The van der Waals surface area contributed by atoms with Crippen LogP contribution >= 0.6 is 35.0 Å². The van der Waals surface area contributed by atoms with Crippen molar-refractivity contribution in [1.82, 2.24) is 4.98 Å². The van der Waals surface area contributed by atoms with E-state index in [1.54, 1.807) is 18.2 Å². The Morgan fingerprint density at radius 3 is 2.67 bits per heavy atom. The minimum absolute atomic E-state index is 0.436. The van der Waals surface area contributed by atoms with Crippen LogP contribution < -0.4 is 5.73 Å². The summed E-state index contributed by atoms with van der Waals surface area (Å²) < 4.78 is 0. The molecule has 6 heteroatoms. The van der Waals surface area contributed by atoms with Crippen LogP contribution in [0.1, 0.15) is 5.56 Å². The van der Waals surface area contributed by atoms with E-state index in [-0.39, 0.29) is 0 Å². The number of nitrogen functional groups attached to an aromatic ring is 1. The molecule has 0 atom stereocenters. The molecule has 2 aromatic rings. The van der Waals surface area contributed by atoms with E-state index in [2.05, 4.69) is 11.1 Å². The van der Waals surface area contributed by atoms with Crippen molar-refractivity contribution < 1.29 is 0 Å². The Morgan fingerprint density at radius 2 is 2.00 bits per heavy atom. The van der Waals surface area contributed by atoms with E-state index in [0.717, 1.165) is 4.90 Å². The molecule has 0 aliphatic carbocycles. The normalized spacial score (nSPS) is 10.1. The second kappa shape index (κ2) is 5.49. The molecule has 2 N–H and O–H groups in total. The van der Waals surface area contributed by atoms with Gasteiger partial charge in [0.15, 0.2) is 0 Å². The first kappa shape index (κ1) is 13.0. The second-order valence-electron chi connectivity index (χ2n) is 3.41. The summed E-state index contributed by atoms with van der Waals surface area (Å²) in [5.41, 5.74) is 6.48. The molecule has 0 aliphatic rings. The maximum atomic E-state index is 9.01. The van der Waals surface area contributed by atoms with Crippen LogP contribution in [0.5, 0.6) is 0 Å². The molecule has 0 spiro atoms. The first-order valence-corrected chi connectivity index (χ1v) is 6.46. The van der Waals surface area contributed by atoms with Crippen LogP contribution in [-0.4, -0.2) is 4.98 Å². The summed E-state index contributed by atoms with van der Waals surface area (Å²) in [6.45, 7) is 0. The predicted molar refractivity (Wildman–Crippen MR) is 73.9 cm³/mol. The highest BCUT2D eigenvalue weighted by molar-refractivity contribution is 7.99. The van der Waals surface area contributed by atoms with Crippen molar-refractivity contribution >= 4 is 40.7 Å². The second-order valence-corrected chi connectivity index (χ2v) is 5.29. The molecule has 0 fully saturated rings. The predicted octanol–water partition coefficient (Wildman–Crippen LogP) is 3.99. The average Bonchev–Trinajstić information content (AvgIpc) is 2.36. The molecular weight excluding hydrogens is 289 g/mol. The van der Waals surface area contributed by atoms with Gasteiger partial charge in [-0.1, -0.05) is 35.0 Å². The molecule has 0 saturated heterocycles. The molecule has 0 saturated carbocycles. The number of nitrogens with zero attached hydrogens (tertiary/aromatic N) is 2. The van der Waals surface area contributed by atoms with E-state index in [0.29, 0.717) is 26.3 Å². The largest absolute Gasteiger partial charge is 0.397 e. The fraction of sp³-hybridized carbons (Fsp3) is 0. The van der Waals surface area contributed by atoms with Crippen molar-refractivity contribution in [1.29, 1.82) is 5.26 Å². The number of pyridine rings is 1. The number of aromatic nitrogens is 1. The third-order valence-corrected chi connectivity index (χ3v) is 3.85. The van der Waals surface area contributed by atoms with Gasteiger partial charge >= 0.3 is 0 Å². The molecule has 0 bridgehead atoms. The molecule has 1 aromatic heterocycles. The Kier molecular flexibility index (Phi) is 3.97. The number of rotatable bonds is 2. The SMILES string of the molecule is N#Cc1cc(N)cnc1Sc1ccc(Cl)c(Cl)c1. The molecule has 2 rings (SSSR count). The standard InChI is InChI=1S/C12H7Cl2N3S/c13-10-2-1-9(4-11(10)14)18-12-7(5-15)3-8(16)6-17-12/h1-4,6H,16H2. The first-order chi connectivity index (χ1) is 8.60. The molecule has 90 valence electrons. The zero-order valence-corrected chi connectivity index (χ0v) is 11.4. The number of benzene rings is 1. The fourth-order valence-corrected chi connectivity index (χ4v) is 2.50. The van der Waals surface area contributed by atoms with Gasteiger partial charge in [0, 0.05) is 4.90 Å². The monoisotopic (exact) mass is 295 g/mol. The Bertz CT molecular complexity index is 638. The lowest BCUT2D eigenvalue weighted by Gasteiger charge is -2.04. The third-order valence-electron chi connectivity index (χ3n) is 2.10. The quantitative estimate of drug-likeness (QED) is 0.910. The van der Waals surface area contributed by atoms with Crippen molar-refractivity contribution in [2.24, 2.45) is 0 Å². The molecule has 0 unspecified atom stereocenters. The summed E-state index contributed by atoms with van der Waals surface area (Å²) in [6, 6.07) is 8.90. The van der Waals surface area contributed by atoms with Gasteiger partial charge in [-0.05, 0) is 24.3 Å². The molecule has 1 aromatic carbocycles. The number of anilines is 1. The van der Waals surface area contributed by atoms with Gasteiger partial charge in [0.1, 0.15) is 11.1 Å². The summed E-state index contributed by atoms with van der Waals surface area (Å²) in [7, 11) is 0. The zero-order valence-electron chi connectivity index (χ0n) is 9.02. The number of halogens is 2. The van der Waals surface area contributed by atoms with Crippen LogP contribution in [-0.2, 0) is 0 Å². The highest BCUT2D eigenvalue weighted by Crippen LogP contribution is 2.33. The highest BCUT2D eigenvalue weighted by Gasteiger charge is 2.08. The van der Waals surface area contributed by atoms with Crippen LogP contribution in [0, 0.1) is 11.3 Å². The van der Waals surface area contributed by atoms with Crippen LogP contribution in [0.2, 0.25) is 10.0 Å². The third kappa shape index (κ3) is 2.88. The lowest BCUT2D eigenvalue weighted by molar-refractivity contribution is 1.11. The number of hydrogen-bond donors (Lipinski definition) is 1. The van der Waals surface area contributed by atoms with Gasteiger partial charge in [-0.2, -0.15) is 5.26 Å². The maximum Gasteiger partial charge on any atom is 0.119 e. The maximum absolute atomic E-state index is 9.01. The lowest BCUT2D eigenvalue weighted by Crippen LogP contribution is -1.91. The van der Waals surface area contributed by atoms with Crippen molar-refractivity contribution in [3.63, 3.8) is 0 Å². The van der Waals surface area contributed by atoms with Gasteiger partial charge in [0.25, 0.3) is 0 Å². The molecule has 0 radical (unpaired) electrons. The van der Waals surface area contributed by atoms with E-state index >= 15 is 0 Å². The van der Waals surface area contributed by atoms with E-state index in [9.17, 15) is 0 Å². The van der Waals surface area contributed by atoms with Crippen LogP contribution in [0.15, 0.2) is 40.4 Å². The summed E-state index contributed by atoms with van der Waals surface area (Å²) >= 11 is 13.1. The van der Waals surface area contributed by atoms with Crippen molar-refractivity contribution in [2.75, 3.05) is 5.73 Å². The molecular formula is C12H7Cl2N3S. The molecule has 0 amide bonds. The highest BCUT2D eigenvalue weighted by atomic mass is 35.5. The van der Waals surface area contributed by atoms with Gasteiger partial charge < -0.3 is 5.73 Å². The molecule has 18 heavy (non-hydrogen) atoms. The van der Waals surface area contributed by atoms with Gasteiger partial charge in [0.05, 0.1) is 27.5 Å². The van der Waals surface area contributed by atoms with Gasteiger partial charge in [-0.25, -0.2) is 4.98 Å².